The predicted molar refractivity (Wildman–Crippen MR) is 84.1 cm³/mol. The monoisotopic (exact) mass is 319 g/mol. The van der Waals surface area contributed by atoms with Crippen molar-refractivity contribution in [2.24, 2.45) is 0 Å². The molecule has 1 aromatic carbocycles. The lowest BCUT2D eigenvalue weighted by Crippen LogP contribution is -2.25. The first-order valence-electron chi connectivity index (χ1n) is 7.74. The van der Waals surface area contributed by atoms with Crippen LogP contribution in [0, 0.1) is 0 Å². The molecule has 124 valence electrons. The normalized spacial score (nSPS) is 13.0. The fourth-order valence-electron chi connectivity index (χ4n) is 2.47. The van der Waals surface area contributed by atoms with Crippen LogP contribution in [-0.4, -0.2) is 29.5 Å². The van der Waals surface area contributed by atoms with Crippen LogP contribution < -0.4 is 16.1 Å². The third-order valence-electron chi connectivity index (χ3n) is 3.75. The molecule has 2 rings (SSSR count). The first-order chi connectivity index (χ1) is 11.1. The minimum Gasteiger partial charge on any atom is -0.352 e. The third-order valence-corrected chi connectivity index (χ3v) is 3.75. The lowest BCUT2D eigenvalue weighted by atomic mass is 10.00. The van der Waals surface area contributed by atoms with Gasteiger partial charge in [0.25, 0.3) is 5.91 Å². The minimum atomic E-state index is -0.393. The maximum Gasteiger partial charge on any atom is 0.251 e. The van der Waals surface area contributed by atoms with Crippen molar-refractivity contribution in [2.45, 2.75) is 38.5 Å². The Morgan fingerprint density at radius 3 is 2.78 bits per heavy atom. The molecular weight excluding hydrogens is 298 g/mol. The highest BCUT2D eigenvalue weighted by Gasteiger charge is 2.16. The summed E-state index contributed by atoms with van der Waals surface area (Å²) in [7, 11) is 0. The molecule has 0 atom stereocenters. The minimum absolute atomic E-state index is 0.00424. The standard InChI is InChI=1S/C16H21N3O4/c20-14-8-6-11-10-12(5-7-13(11)18-14)16(22)17-9-3-1-2-4-15(21)19-23/h5,7,10,23H,1-4,6,8-9H2,(H,17,22)(H,18,20)(H,19,21). The van der Waals surface area contributed by atoms with E-state index in [1.165, 1.54) is 0 Å². The van der Waals surface area contributed by atoms with Gasteiger partial charge in [0.2, 0.25) is 11.8 Å². The van der Waals surface area contributed by atoms with Crippen molar-refractivity contribution in [3.63, 3.8) is 0 Å². The van der Waals surface area contributed by atoms with Crippen molar-refractivity contribution in [2.75, 3.05) is 11.9 Å². The molecule has 23 heavy (non-hydrogen) atoms. The number of carbonyl (C=O) groups is 3. The number of hydrogen-bond donors (Lipinski definition) is 4. The van der Waals surface area contributed by atoms with Gasteiger partial charge >= 0.3 is 0 Å². The Labute approximate surface area is 134 Å². The number of carbonyl (C=O) groups excluding carboxylic acids is 3. The number of hydrogen-bond acceptors (Lipinski definition) is 4. The van der Waals surface area contributed by atoms with Gasteiger partial charge in [-0.3, -0.25) is 19.6 Å². The molecular formula is C16H21N3O4. The van der Waals surface area contributed by atoms with E-state index >= 15 is 0 Å². The van der Waals surface area contributed by atoms with Crippen molar-refractivity contribution < 1.29 is 19.6 Å². The van der Waals surface area contributed by atoms with E-state index < -0.39 is 5.91 Å². The molecule has 4 N–H and O–H groups in total. The van der Waals surface area contributed by atoms with Gasteiger partial charge in [-0.25, -0.2) is 5.48 Å². The molecule has 7 heteroatoms. The highest BCUT2D eigenvalue weighted by Crippen LogP contribution is 2.23. The van der Waals surface area contributed by atoms with E-state index in [9.17, 15) is 14.4 Å². The smallest absolute Gasteiger partial charge is 0.251 e. The van der Waals surface area contributed by atoms with Crippen molar-refractivity contribution in [3.8, 4) is 0 Å². The second-order valence-electron chi connectivity index (χ2n) is 5.52. The van der Waals surface area contributed by atoms with Crippen LogP contribution >= 0.6 is 0 Å². The number of benzene rings is 1. The number of amides is 3. The summed E-state index contributed by atoms with van der Waals surface area (Å²) < 4.78 is 0. The second kappa shape index (κ2) is 8.28. The molecule has 1 aliphatic heterocycles. The highest BCUT2D eigenvalue weighted by atomic mass is 16.5. The fraction of sp³-hybridized carbons (Fsp3) is 0.438. The lowest BCUT2D eigenvalue weighted by molar-refractivity contribution is -0.129. The first-order valence-corrected chi connectivity index (χ1v) is 7.74. The molecule has 0 spiro atoms. The molecule has 3 amide bonds. The molecule has 0 aromatic heterocycles. The summed E-state index contributed by atoms with van der Waals surface area (Å²) in [5, 5.41) is 14.0. The maximum absolute atomic E-state index is 12.1. The van der Waals surface area contributed by atoms with Crippen LogP contribution in [0.25, 0.3) is 0 Å². The molecule has 7 nitrogen and oxygen atoms in total. The van der Waals surface area contributed by atoms with Crippen molar-refractivity contribution in [1.29, 1.82) is 0 Å². The lowest BCUT2D eigenvalue weighted by Gasteiger charge is -2.17. The van der Waals surface area contributed by atoms with Crippen LogP contribution in [0.1, 0.15) is 48.0 Å². The predicted octanol–water partition coefficient (Wildman–Crippen LogP) is 1.37. The number of fused-ring (bicyclic) bond motifs is 1. The Hall–Kier alpha value is -2.41. The Morgan fingerprint density at radius 2 is 2.00 bits per heavy atom. The van der Waals surface area contributed by atoms with Crippen LogP contribution in [0.3, 0.4) is 0 Å². The van der Waals surface area contributed by atoms with Gasteiger partial charge in [0.1, 0.15) is 0 Å². The highest BCUT2D eigenvalue weighted by molar-refractivity contribution is 5.97. The molecule has 1 aromatic rings. The van der Waals surface area contributed by atoms with Gasteiger partial charge in [0.15, 0.2) is 0 Å². The van der Waals surface area contributed by atoms with Crippen LogP contribution in [0.2, 0.25) is 0 Å². The first kappa shape index (κ1) is 17.0. The topological polar surface area (TPSA) is 108 Å². The summed E-state index contributed by atoms with van der Waals surface area (Å²) in [5.41, 5.74) is 3.93. The van der Waals surface area contributed by atoms with Gasteiger partial charge in [-0.1, -0.05) is 6.42 Å². The van der Waals surface area contributed by atoms with E-state index in [0.717, 1.165) is 24.1 Å². The number of hydroxylamine groups is 1. The number of unbranched alkanes of at least 4 members (excludes halogenated alkanes) is 2. The van der Waals surface area contributed by atoms with Gasteiger partial charge in [0, 0.05) is 30.6 Å². The SMILES string of the molecule is O=C(CCCCCNC(=O)c1ccc2c(c1)CCC(=O)N2)NO. The summed E-state index contributed by atoms with van der Waals surface area (Å²) in [6.07, 6.45) is 3.60. The molecule has 0 saturated carbocycles. The van der Waals surface area contributed by atoms with Crippen molar-refractivity contribution in [3.05, 3.63) is 29.3 Å². The average molecular weight is 319 g/mol. The Morgan fingerprint density at radius 1 is 1.17 bits per heavy atom. The molecule has 0 unspecified atom stereocenters. The number of aryl methyl sites for hydroxylation is 1. The van der Waals surface area contributed by atoms with E-state index in [1.54, 1.807) is 17.6 Å². The summed E-state index contributed by atoms with van der Waals surface area (Å²) in [4.78, 5) is 34.2. The third kappa shape index (κ3) is 5.07. The van der Waals surface area contributed by atoms with Gasteiger partial charge < -0.3 is 10.6 Å². The molecule has 0 saturated heterocycles. The Bertz CT molecular complexity index is 601. The number of nitrogens with one attached hydrogen (secondary N) is 3. The largest absolute Gasteiger partial charge is 0.352 e. The van der Waals surface area contributed by atoms with Crippen LogP contribution in [0.4, 0.5) is 5.69 Å². The molecule has 0 bridgehead atoms. The van der Waals surface area contributed by atoms with Crippen molar-refractivity contribution in [1.82, 2.24) is 10.8 Å². The number of anilines is 1. The van der Waals surface area contributed by atoms with Crippen LogP contribution in [0.15, 0.2) is 18.2 Å². The van der Waals surface area contributed by atoms with Crippen LogP contribution in [-0.2, 0) is 16.0 Å². The summed E-state index contributed by atoms with van der Waals surface area (Å²) in [6.45, 7) is 0.535. The van der Waals surface area contributed by atoms with E-state index in [-0.39, 0.29) is 18.2 Å². The summed E-state index contributed by atoms with van der Waals surface area (Å²) >= 11 is 0. The average Bonchev–Trinajstić information content (AvgIpc) is 2.56. The van der Waals surface area contributed by atoms with Gasteiger partial charge in [0.05, 0.1) is 0 Å². The maximum atomic E-state index is 12.1. The molecule has 1 aliphatic rings. The summed E-state index contributed by atoms with van der Waals surface area (Å²) in [6, 6.07) is 5.27. The zero-order valence-electron chi connectivity index (χ0n) is 12.9. The van der Waals surface area contributed by atoms with E-state index in [1.807, 2.05) is 6.07 Å². The molecule has 0 aliphatic carbocycles. The quantitative estimate of drug-likeness (QED) is 0.346. The molecule has 1 heterocycles. The summed E-state index contributed by atoms with van der Waals surface area (Å²) in [5.74, 6) is -0.530. The zero-order valence-corrected chi connectivity index (χ0v) is 12.9. The van der Waals surface area contributed by atoms with E-state index in [0.29, 0.717) is 31.4 Å². The molecule has 0 fully saturated rings. The van der Waals surface area contributed by atoms with E-state index in [4.69, 9.17) is 5.21 Å². The fourth-order valence-corrected chi connectivity index (χ4v) is 2.47. The van der Waals surface area contributed by atoms with Gasteiger partial charge in [-0.15, -0.1) is 0 Å². The second-order valence-corrected chi connectivity index (χ2v) is 5.52. The van der Waals surface area contributed by atoms with Crippen molar-refractivity contribution >= 4 is 23.4 Å². The number of rotatable bonds is 7. The zero-order chi connectivity index (χ0) is 16.7. The Kier molecular flexibility index (Phi) is 6.10. The van der Waals surface area contributed by atoms with Gasteiger partial charge in [-0.05, 0) is 43.0 Å². The van der Waals surface area contributed by atoms with E-state index in [2.05, 4.69) is 10.6 Å². The Balaban J connectivity index is 1.74. The van der Waals surface area contributed by atoms with Crippen LogP contribution in [0.5, 0.6) is 0 Å². The van der Waals surface area contributed by atoms with Gasteiger partial charge in [-0.2, -0.15) is 0 Å². The molecule has 0 radical (unpaired) electrons.